The highest BCUT2D eigenvalue weighted by Crippen LogP contribution is 2.27. The van der Waals surface area contributed by atoms with Gasteiger partial charge in [0, 0.05) is 10.5 Å². The van der Waals surface area contributed by atoms with Crippen molar-refractivity contribution in [2.75, 3.05) is 12.5 Å². The monoisotopic (exact) mass is 316 g/mol. The van der Waals surface area contributed by atoms with Gasteiger partial charge in [0.15, 0.2) is 0 Å². The van der Waals surface area contributed by atoms with E-state index in [1.807, 2.05) is 24.3 Å². The van der Waals surface area contributed by atoms with Gasteiger partial charge in [-0.2, -0.15) is 10.7 Å². The zero-order valence-corrected chi connectivity index (χ0v) is 11.8. The number of halogens is 1. The van der Waals surface area contributed by atoms with Crippen LogP contribution in [0.1, 0.15) is 5.56 Å². The van der Waals surface area contributed by atoms with Crippen molar-refractivity contribution in [1.82, 2.24) is 5.43 Å². The molecular formula is C14H11BrN3O. The molecule has 1 N–H and O–H groups in total. The fraction of sp³-hybridized carbons (Fsp3) is 0.0714. The highest BCUT2D eigenvalue weighted by Gasteiger charge is 2.06. The summed E-state index contributed by atoms with van der Waals surface area (Å²) in [5, 5.41) is 8.84. The Morgan fingerprint density at radius 1 is 1.26 bits per heavy atom. The Hall–Kier alpha value is -2.19. The first-order valence-corrected chi connectivity index (χ1v) is 6.33. The first-order chi connectivity index (χ1) is 9.24. The van der Waals surface area contributed by atoms with Crippen LogP contribution >= 0.6 is 15.9 Å². The number of ether oxygens (including phenoxy) is 1. The van der Waals surface area contributed by atoms with E-state index in [0.717, 1.165) is 10.2 Å². The quantitative estimate of drug-likeness (QED) is 0.877. The first-order valence-electron chi connectivity index (χ1n) is 5.54. The van der Waals surface area contributed by atoms with Crippen molar-refractivity contribution in [3.05, 3.63) is 52.5 Å². The molecule has 4 nitrogen and oxygen atoms in total. The van der Waals surface area contributed by atoms with E-state index in [0.29, 0.717) is 17.0 Å². The SMILES string of the molecule is COc1cc(C#N)ccc1N[N]c1ccccc1Br. The molecule has 0 aliphatic heterocycles. The van der Waals surface area contributed by atoms with Crippen LogP contribution in [-0.4, -0.2) is 7.11 Å². The molecule has 2 aromatic rings. The van der Waals surface area contributed by atoms with E-state index >= 15 is 0 Å². The van der Waals surface area contributed by atoms with E-state index in [-0.39, 0.29) is 0 Å². The van der Waals surface area contributed by atoms with E-state index in [4.69, 9.17) is 10.00 Å². The molecular weight excluding hydrogens is 306 g/mol. The highest BCUT2D eigenvalue weighted by atomic mass is 79.9. The van der Waals surface area contributed by atoms with Crippen LogP contribution in [0.15, 0.2) is 46.9 Å². The molecule has 0 atom stereocenters. The molecule has 0 amide bonds. The lowest BCUT2D eigenvalue weighted by atomic mass is 10.2. The number of hydrogen-bond donors (Lipinski definition) is 1. The van der Waals surface area contributed by atoms with Crippen LogP contribution in [0.5, 0.6) is 5.75 Å². The van der Waals surface area contributed by atoms with Crippen molar-refractivity contribution in [2.45, 2.75) is 0 Å². The van der Waals surface area contributed by atoms with Crippen LogP contribution in [0.25, 0.3) is 0 Å². The summed E-state index contributed by atoms with van der Waals surface area (Å²) in [6.07, 6.45) is 0. The molecule has 5 heteroatoms. The summed E-state index contributed by atoms with van der Waals surface area (Å²) in [4.78, 5) is 0. The third kappa shape index (κ3) is 3.18. The third-order valence-corrected chi connectivity index (χ3v) is 3.15. The van der Waals surface area contributed by atoms with Gasteiger partial charge in [0.2, 0.25) is 0 Å². The fourth-order valence-electron chi connectivity index (χ4n) is 1.52. The van der Waals surface area contributed by atoms with Gasteiger partial charge >= 0.3 is 0 Å². The number of benzene rings is 2. The molecule has 0 saturated heterocycles. The van der Waals surface area contributed by atoms with E-state index in [9.17, 15) is 0 Å². The van der Waals surface area contributed by atoms with E-state index in [2.05, 4.69) is 32.9 Å². The fourth-order valence-corrected chi connectivity index (χ4v) is 1.89. The van der Waals surface area contributed by atoms with Gasteiger partial charge in [-0.1, -0.05) is 12.1 Å². The molecule has 19 heavy (non-hydrogen) atoms. The Labute approximate surface area is 120 Å². The number of anilines is 1. The lowest BCUT2D eigenvalue weighted by Gasteiger charge is -2.11. The Morgan fingerprint density at radius 3 is 2.74 bits per heavy atom. The van der Waals surface area contributed by atoms with Gasteiger partial charge in [0.1, 0.15) is 5.75 Å². The third-order valence-electron chi connectivity index (χ3n) is 2.48. The molecule has 2 aromatic carbocycles. The maximum absolute atomic E-state index is 8.84. The number of nitriles is 1. The number of rotatable bonds is 4. The lowest BCUT2D eigenvalue weighted by molar-refractivity contribution is 0.416. The van der Waals surface area contributed by atoms with Crippen molar-refractivity contribution < 1.29 is 4.74 Å². The number of para-hydroxylation sites is 1. The predicted molar refractivity (Wildman–Crippen MR) is 77.3 cm³/mol. The molecule has 0 spiro atoms. The molecule has 0 saturated carbocycles. The number of nitrogens with one attached hydrogen (secondary N) is 1. The second-order valence-electron chi connectivity index (χ2n) is 3.70. The standard InChI is InChI=1S/C14H11BrN3O/c1-19-14-8-10(9-16)6-7-13(14)18-17-12-5-3-2-4-11(12)15/h2-8,18H,1H3. The molecule has 0 fully saturated rings. The average molecular weight is 317 g/mol. The van der Waals surface area contributed by atoms with Crippen LogP contribution in [0.3, 0.4) is 0 Å². The maximum atomic E-state index is 8.84. The van der Waals surface area contributed by atoms with Crippen LogP contribution in [0, 0.1) is 11.3 Å². The van der Waals surface area contributed by atoms with Crippen molar-refractivity contribution in [1.29, 1.82) is 5.26 Å². The van der Waals surface area contributed by atoms with Gasteiger partial charge in [-0.05, 0) is 40.2 Å². The molecule has 0 aliphatic carbocycles. The largest absolute Gasteiger partial charge is 0.494 e. The molecule has 0 heterocycles. The van der Waals surface area contributed by atoms with Crippen LogP contribution in [-0.2, 0) is 0 Å². The van der Waals surface area contributed by atoms with Gasteiger partial charge in [0.05, 0.1) is 30.1 Å². The second-order valence-corrected chi connectivity index (χ2v) is 4.56. The Morgan fingerprint density at radius 2 is 2.05 bits per heavy atom. The van der Waals surface area contributed by atoms with E-state index < -0.39 is 0 Å². The van der Waals surface area contributed by atoms with Crippen molar-refractivity contribution in [2.24, 2.45) is 0 Å². The molecule has 95 valence electrons. The van der Waals surface area contributed by atoms with E-state index in [1.54, 1.807) is 25.3 Å². The van der Waals surface area contributed by atoms with Crippen molar-refractivity contribution in [3.8, 4) is 11.8 Å². The topological polar surface area (TPSA) is 59.1 Å². The summed E-state index contributed by atoms with van der Waals surface area (Å²) in [6, 6.07) is 14.8. The Bertz CT molecular complexity index is 622. The number of hydrogen-bond acceptors (Lipinski definition) is 3. The van der Waals surface area contributed by atoms with E-state index in [1.165, 1.54) is 0 Å². The Kier molecular flexibility index (Phi) is 4.26. The van der Waals surface area contributed by atoms with Gasteiger partial charge in [-0.15, -0.1) is 0 Å². The molecule has 0 bridgehead atoms. The van der Waals surface area contributed by atoms with Crippen LogP contribution in [0.2, 0.25) is 0 Å². The minimum Gasteiger partial charge on any atom is -0.494 e. The van der Waals surface area contributed by atoms with Gasteiger partial charge in [-0.25, -0.2) is 0 Å². The van der Waals surface area contributed by atoms with Gasteiger partial charge in [0.25, 0.3) is 0 Å². The molecule has 2 rings (SSSR count). The average Bonchev–Trinajstić information content (AvgIpc) is 2.46. The second kappa shape index (κ2) is 6.12. The van der Waals surface area contributed by atoms with Crippen LogP contribution in [0.4, 0.5) is 11.4 Å². The zero-order chi connectivity index (χ0) is 13.7. The molecule has 0 aliphatic rings. The normalized spacial score (nSPS) is 9.53. The van der Waals surface area contributed by atoms with Crippen LogP contribution < -0.4 is 15.6 Å². The summed E-state index contributed by atoms with van der Waals surface area (Å²) in [7, 11) is 1.56. The highest BCUT2D eigenvalue weighted by molar-refractivity contribution is 9.10. The molecule has 0 unspecified atom stereocenters. The molecule has 1 radical (unpaired) electrons. The summed E-state index contributed by atoms with van der Waals surface area (Å²) < 4.78 is 6.12. The van der Waals surface area contributed by atoms with Crippen molar-refractivity contribution in [3.63, 3.8) is 0 Å². The zero-order valence-electron chi connectivity index (χ0n) is 10.2. The minimum absolute atomic E-state index is 0.545. The predicted octanol–water partition coefficient (Wildman–Crippen LogP) is 3.59. The lowest BCUT2D eigenvalue weighted by Crippen LogP contribution is -2.09. The Balaban J connectivity index is 2.16. The summed E-state index contributed by atoms with van der Waals surface area (Å²) >= 11 is 3.42. The minimum atomic E-state index is 0.545. The van der Waals surface area contributed by atoms with Crippen molar-refractivity contribution >= 4 is 27.3 Å². The summed E-state index contributed by atoms with van der Waals surface area (Å²) in [5.74, 6) is 0.579. The van der Waals surface area contributed by atoms with Gasteiger partial charge < -0.3 is 4.74 Å². The van der Waals surface area contributed by atoms with Gasteiger partial charge in [-0.3, -0.25) is 5.43 Å². The smallest absolute Gasteiger partial charge is 0.145 e. The maximum Gasteiger partial charge on any atom is 0.145 e. The summed E-state index contributed by atoms with van der Waals surface area (Å²) in [6.45, 7) is 0. The number of nitrogens with zero attached hydrogens (tertiary/aromatic N) is 2. The first kappa shape index (κ1) is 13.2. The summed E-state index contributed by atoms with van der Waals surface area (Å²) in [5.41, 5.74) is 9.25. The molecule has 0 aromatic heterocycles. The number of methoxy groups -OCH3 is 1.